The Morgan fingerprint density at radius 3 is 2.80 bits per heavy atom. The molecule has 0 aliphatic carbocycles. The van der Waals surface area contributed by atoms with Crippen molar-refractivity contribution in [1.82, 2.24) is 15.2 Å². The maximum absolute atomic E-state index is 13.5. The molecule has 2 heterocycles. The summed E-state index contributed by atoms with van der Waals surface area (Å²) in [5.41, 5.74) is 8.54. The van der Waals surface area contributed by atoms with E-state index in [-0.39, 0.29) is 5.82 Å². The number of aromatic amines is 1. The van der Waals surface area contributed by atoms with Gasteiger partial charge in [-0.25, -0.2) is 4.39 Å². The summed E-state index contributed by atoms with van der Waals surface area (Å²) in [6, 6.07) is 9.95. The molecular weight excluding hydrogens is 323 g/mol. The van der Waals surface area contributed by atoms with Gasteiger partial charge in [0, 0.05) is 16.2 Å². The van der Waals surface area contributed by atoms with Crippen LogP contribution >= 0.6 is 15.9 Å². The van der Waals surface area contributed by atoms with E-state index < -0.39 is 0 Å². The molecule has 3 aromatic rings. The lowest BCUT2D eigenvalue weighted by Crippen LogP contribution is -1.91. The SMILES string of the molecule is Nc1n[nH]c(-c2cc(F)ccc2Br)c1-c1ccccn1. The van der Waals surface area contributed by atoms with E-state index in [1.165, 1.54) is 12.1 Å². The second-order valence-corrected chi connectivity index (χ2v) is 5.05. The number of H-pyrrole nitrogens is 1. The molecule has 0 unspecified atom stereocenters. The molecule has 0 aliphatic heterocycles. The van der Waals surface area contributed by atoms with Gasteiger partial charge >= 0.3 is 0 Å². The highest BCUT2D eigenvalue weighted by atomic mass is 79.9. The molecule has 20 heavy (non-hydrogen) atoms. The van der Waals surface area contributed by atoms with Gasteiger partial charge in [0.05, 0.1) is 17.0 Å². The number of halogens is 2. The van der Waals surface area contributed by atoms with Crippen molar-refractivity contribution in [2.24, 2.45) is 0 Å². The fourth-order valence-electron chi connectivity index (χ4n) is 2.01. The minimum atomic E-state index is -0.330. The molecule has 0 saturated heterocycles. The van der Waals surface area contributed by atoms with Crippen LogP contribution in [0, 0.1) is 5.82 Å². The van der Waals surface area contributed by atoms with E-state index >= 15 is 0 Å². The van der Waals surface area contributed by atoms with Crippen LogP contribution in [0.1, 0.15) is 0 Å². The first kappa shape index (κ1) is 12.8. The maximum Gasteiger partial charge on any atom is 0.155 e. The third-order valence-corrected chi connectivity index (χ3v) is 3.60. The van der Waals surface area contributed by atoms with Crippen LogP contribution in [0.2, 0.25) is 0 Å². The van der Waals surface area contributed by atoms with Crippen LogP contribution in [-0.2, 0) is 0 Å². The largest absolute Gasteiger partial charge is 0.382 e. The van der Waals surface area contributed by atoms with E-state index in [0.717, 1.165) is 4.47 Å². The summed E-state index contributed by atoms with van der Waals surface area (Å²) in [4.78, 5) is 4.27. The summed E-state index contributed by atoms with van der Waals surface area (Å²) in [5.74, 6) is -0.00166. The highest BCUT2D eigenvalue weighted by Crippen LogP contribution is 2.37. The Balaban J connectivity index is 2.24. The molecule has 100 valence electrons. The summed E-state index contributed by atoms with van der Waals surface area (Å²) in [6.45, 7) is 0. The lowest BCUT2D eigenvalue weighted by molar-refractivity contribution is 0.628. The Kier molecular flexibility index (Phi) is 3.23. The van der Waals surface area contributed by atoms with Crippen LogP contribution in [0.3, 0.4) is 0 Å². The van der Waals surface area contributed by atoms with Crippen LogP contribution < -0.4 is 5.73 Å². The molecule has 0 spiro atoms. The number of benzene rings is 1. The van der Waals surface area contributed by atoms with Gasteiger partial charge in [0.2, 0.25) is 0 Å². The quantitative estimate of drug-likeness (QED) is 0.753. The Morgan fingerprint density at radius 2 is 2.05 bits per heavy atom. The van der Waals surface area contributed by atoms with Crippen molar-refractivity contribution in [3.8, 4) is 22.5 Å². The second kappa shape index (κ2) is 5.05. The number of pyridine rings is 1. The van der Waals surface area contributed by atoms with Gasteiger partial charge in [-0.2, -0.15) is 5.10 Å². The van der Waals surface area contributed by atoms with Gasteiger partial charge in [0.1, 0.15) is 5.82 Å². The minimum absolute atomic E-state index is 0.329. The van der Waals surface area contributed by atoms with Gasteiger partial charge in [0.25, 0.3) is 0 Å². The molecule has 6 heteroatoms. The predicted molar refractivity (Wildman–Crippen MR) is 79.3 cm³/mol. The van der Waals surface area contributed by atoms with E-state index in [4.69, 9.17) is 5.73 Å². The normalized spacial score (nSPS) is 10.7. The Bertz CT molecular complexity index is 755. The number of nitrogens with one attached hydrogen (secondary N) is 1. The molecule has 2 aromatic heterocycles. The van der Waals surface area contributed by atoms with E-state index in [0.29, 0.717) is 28.3 Å². The van der Waals surface area contributed by atoms with Crippen LogP contribution in [0.5, 0.6) is 0 Å². The summed E-state index contributed by atoms with van der Waals surface area (Å²) in [6.07, 6.45) is 1.67. The fraction of sp³-hybridized carbons (Fsp3) is 0. The number of nitrogen functional groups attached to an aromatic ring is 1. The summed E-state index contributed by atoms with van der Waals surface area (Å²) >= 11 is 3.41. The number of rotatable bonds is 2. The molecule has 0 amide bonds. The van der Waals surface area contributed by atoms with Crippen molar-refractivity contribution in [2.75, 3.05) is 5.73 Å². The molecule has 3 N–H and O–H groups in total. The van der Waals surface area contributed by atoms with Crippen molar-refractivity contribution in [2.45, 2.75) is 0 Å². The van der Waals surface area contributed by atoms with E-state index in [1.807, 2.05) is 18.2 Å². The first-order valence-corrected chi connectivity index (χ1v) is 6.67. The zero-order valence-electron chi connectivity index (χ0n) is 10.3. The molecule has 0 fully saturated rings. The van der Waals surface area contributed by atoms with Gasteiger partial charge in [-0.3, -0.25) is 10.1 Å². The molecule has 0 atom stereocenters. The zero-order chi connectivity index (χ0) is 14.1. The van der Waals surface area contributed by atoms with Crippen LogP contribution in [-0.4, -0.2) is 15.2 Å². The van der Waals surface area contributed by atoms with E-state index in [9.17, 15) is 4.39 Å². The maximum atomic E-state index is 13.5. The Labute approximate surface area is 123 Å². The fourth-order valence-corrected chi connectivity index (χ4v) is 2.45. The van der Waals surface area contributed by atoms with Crippen molar-refractivity contribution >= 4 is 21.7 Å². The summed E-state index contributed by atoms with van der Waals surface area (Å²) in [5, 5.41) is 6.85. The lowest BCUT2D eigenvalue weighted by atomic mass is 10.0. The van der Waals surface area contributed by atoms with Gasteiger partial charge in [-0.05, 0) is 30.3 Å². The molecule has 0 radical (unpaired) electrons. The summed E-state index contributed by atoms with van der Waals surface area (Å²) < 4.78 is 14.2. The number of anilines is 1. The van der Waals surface area contributed by atoms with E-state index in [1.54, 1.807) is 12.3 Å². The predicted octanol–water partition coefficient (Wildman–Crippen LogP) is 3.62. The van der Waals surface area contributed by atoms with Crippen LogP contribution in [0.25, 0.3) is 22.5 Å². The highest BCUT2D eigenvalue weighted by Gasteiger charge is 2.17. The monoisotopic (exact) mass is 332 g/mol. The van der Waals surface area contributed by atoms with Gasteiger partial charge in [-0.15, -0.1) is 0 Å². The van der Waals surface area contributed by atoms with Gasteiger partial charge in [0.15, 0.2) is 5.82 Å². The standard InChI is InChI=1S/C14H10BrFN4/c15-10-5-4-8(16)7-9(10)13-12(14(17)20-19-13)11-3-1-2-6-18-11/h1-7H,(H3,17,19,20). The first-order valence-electron chi connectivity index (χ1n) is 5.87. The van der Waals surface area contributed by atoms with Gasteiger partial charge in [-0.1, -0.05) is 22.0 Å². The average molecular weight is 333 g/mol. The topological polar surface area (TPSA) is 67.6 Å². The van der Waals surface area contributed by atoms with Crippen LogP contribution in [0.4, 0.5) is 10.2 Å². The second-order valence-electron chi connectivity index (χ2n) is 4.20. The number of hydrogen-bond donors (Lipinski definition) is 2. The Morgan fingerprint density at radius 1 is 1.20 bits per heavy atom. The van der Waals surface area contributed by atoms with Gasteiger partial charge < -0.3 is 5.73 Å². The van der Waals surface area contributed by atoms with Crippen molar-refractivity contribution in [1.29, 1.82) is 0 Å². The summed E-state index contributed by atoms with van der Waals surface area (Å²) in [7, 11) is 0. The molecular formula is C14H10BrFN4. The minimum Gasteiger partial charge on any atom is -0.382 e. The Hall–Kier alpha value is -2.21. The number of nitrogens with zero attached hydrogens (tertiary/aromatic N) is 2. The highest BCUT2D eigenvalue weighted by molar-refractivity contribution is 9.10. The molecule has 0 bridgehead atoms. The first-order chi connectivity index (χ1) is 9.66. The number of aromatic nitrogens is 3. The molecule has 0 saturated carbocycles. The van der Waals surface area contributed by atoms with E-state index in [2.05, 4.69) is 31.1 Å². The third kappa shape index (κ3) is 2.18. The third-order valence-electron chi connectivity index (χ3n) is 2.91. The number of hydrogen-bond acceptors (Lipinski definition) is 3. The van der Waals surface area contributed by atoms with Crippen LogP contribution in [0.15, 0.2) is 47.1 Å². The molecule has 1 aromatic carbocycles. The van der Waals surface area contributed by atoms with Crippen molar-refractivity contribution in [3.63, 3.8) is 0 Å². The molecule has 3 rings (SSSR count). The molecule has 0 aliphatic rings. The average Bonchev–Trinajstić information content (AvgIpc) is 2.84. The smallest absolute Gasteiger partial charge is 0.155 e. The lowest BCUT2D eigenvalue weighted by Gasteiger charge is -2.06. The van der Waals surface area contributed by atoms with Crippen molar-refractivity contribution in [3.05, 3.63) is 52.9 Å². The van der Waals surface area contributed by atoms with Crippen molar-refractivity contribution < 1.29 is 4.39 Å². The zero-order valence-corrected chi connectivity index (χ0v) is 11.9. The molecule has 4 nitrogen and oxygen atoms in total. The number of nitrogens with two attached hydrogens (primary N) is 1.